The van der Waals surface area contributed by atoms with E-state index in [1.807, 2.05) is 26.0 Å². The first-order chi connectivity index (χ1) is 8.93. The summed E-state index contributed by atoms with van der Waals surface area (Å²) in [6.45, 7) is 3.51. The van der Waals surface area contributed by atoms with E-state index in [0.717, 1.165) is 9.75 Å². The number of nitrogens with one attached hydrogen (secondary N) is 2. The lowest BCUT2D eigenvalue weighted by atomic mass is 10.2. The normalized spacial score (nSPS) is 13.6. The summed E-state index contributed by atoms with van der Waals surface area (Å²) in [6.07, 6.45) is -0.0186. The van der Waals surface area contributed by atoms with E-state index in [4.69, 9.17) is 10.2 Å². The van der Waals surface area contributed by atoms with Gasteiger partial charge >= 0.3 is 12.0 Å². The average Bonchev–Trinajstić information content (AvgIpc) is 2.75. The third-order valence-electron chi connectivity index (χ3n) is 2.56. The van der Waals surface area contributed by atoms with Gasteiger partial charge in [0.1, 0.15) is 6.04 Å². The molecule has 0 aromatic carbocycles. The van der Waals surface area contributed by atoms with Crippen molar-refractivity contribution in [3.8, 4) is 0 Å². The first kappa shape index (κ1) is 15.5. The van der Waals surface area contributed by atoms with Crippen LogP contribution >= 0.6 is 11.3 Å². The second-order valence-electron chi connectivity index (χ2n) is 4.19. The second kappa shape index (κ2) is 7.10. The fourth-order valence-corrected chi connectivity index (χ4v) is 2.42. The van der Waals surface area contributed by atoms with Crippen LogP contribution in [0.1, 0.15) is 29.1 Å². The number of aliphatic hydroxyl groups is 1. The number of carbonyl (C=O) groups excluding carboxylic acids is 1. The number of amides is 2. The summed E-state index contributed by atoms with van der Waals surface area (Å²) in [5.41, 5.74) is 0. The quantitative estimate of drug-likeness (QED) is 0.632. The predicted octanol–water partition coefficient (Wildman–Crippen LogP) is 1.25. The van der Waals surface area contributed by atoms with Gasteiger partial charge in [-0.3, -0.25) is 0 Å². The van der Waals surface area contributed by atoms with Gasteiger partial charge in [0, 0.05) is 22.8 Å². The molecule has 0 aliphatic carbocycles. The van der Waals surface area contributed by atoms with Crippen LogP contribution in [0.3, 0.4) is 0 Å². The van der Waals surface area contributed by atoms with Crippen LogP contribution in [0, 0.1) is 6.92 Å². The Morgan fingerprint density at radius 2 is 2.05 bits per heavy atom. The van der Waals surface area contributed by atoms with Crippen molar-refractivity contribution in [2.75, 3.05) is 6.61 Å². The maximum atomic E-state index is 11.7. The van der Waals surface area contributed by atoms with Crippen molar-refractivity contribution in [2.45, 2.75) is 32.4 Å². The van der Waals surface area contributed by atoms with Crippen LogP contribution in [0.5, 0.6) is 0 Å². The van der Waals surface area contributed by atoms with Crippen LogP contribution in [-0.4, -0.2) is 34.9 Å². The molecular formula is C12H18N2O4S. The zero-order valence-electron chi connectivity index (χ0n) is 10.8. The number of hydrogen-bond donors (Lipinski definition) is 4. The summed E-state index contributed by atoms with van der Waals surface area (Å²) in [4.78, 5) is 24.6. The summed E-state index contributed by atoms with van der Waals surface area (Å²) in [7, 11) is 0. The molecule has 0 saturated carbocycles. The smallest absolute Gasteiger partial charge is 0.326 e. The van der Waals surface area contributed by atoms with Crippen LogP contribution in [-0.2, 0) is 4.79 Å². The summed E-state index contributed by atoms with van der Waals surface area (Å²) in [6, 6.07) is 2.05. The van der Waals surface area contributed by atoms with Gasteiger partial charge in [0.25, 0.3) is 0 Å². The first-order valence-corrected chi connectivity index (χ1v) is 6.72. The predicted molar refractivity (Wildman–Crippen MR) is 72.3 cm³/mol. The van der Waals surface area contributed by atoms with Gasteiger partial charge in [-0.15, -0.1) is 11.3 Å². The van der Waals surface area contributed by atoms with Gasteiger partial charge in [0.05, 0.1) is 6.04 Å². The molecule has 106 valence electrons. The number of hydrogen-bond acceptors (Lipinski definition) is 4. The second-order valence-corrected chi connectivity index (χ2v) is 5.51. The van der Waals surface area contributed by atoms with Gasteiger partial charge in [0.15, 0.2) is 0 Å². The van der Waals surface area contributed by atoms with Gasteiger partial charge < -0.3 is 20.8 Å². The molecule has 1 aromatic heterocycles. The maximum absolute atomic E-state index is 11.7. The lowest BCUT2D eigenvalue weighted by Gasteiger charge is -2.17. The standard InChI is InChI=1S/C12H18N2O4S/c1-7-3-4-10(19-7)8(2)13-12(18)14-9(5-6-15)11(16)17/h3-4,8-9,15H,5-6H2,1-2H3,(H,16,17)(H2,13,14,18). The number of urea groups is 1. The monoisotopic (exact) mass is 286 g/mol. The molecule has 0 radical (unpaired) electrons. The molecule has 19 heavy (non-hydrogen) atoms. The largest absolute Gasteiger partial charge is 0.480 e. The number of thiophene rings is 1. The van der Waals surface area contributed by atoms with Crippen LogP contribution < -0.4 is 10.6 Å². The van der Waals surface area contributed by atoms with Crippen molar-refractivity contribution in [3.63, 3.8) is 0 Å². The van der Waals surface area contributed by atoms with Crippen LogP contribution in [0.15, 0.2) is 12.1 Å². The molecule has 0 spiro atoms. The summed E-state index contributed by atoms with van der Waals surface area (Å²) < 4.78 is 0. The van der Waals surface area contributed by atoms with E-state index < -0.39 is 18.0 Å². The Morgan fingerprint density at radius 1 is 1.37 bits per heavy atom. The van der Waals surface area contributed by atoms with Gasteiger partial charge in [-0.1, -0.05) is 0 Å². The molecule has 2 amide bonds. The molecule has 4 N–H and O–H groups in total. The van der Waals surface area contributed by atoms with Crippen molar-refractivity contribution in [1.29, 1.82) is 0 Å². The van der Waals surface area contributed by atoms with Crippen molar-refractivity contribution in [1.82, 2.24) is 10.6 Å². The van der Waals surface area contributed by atoms with E-state index in [-0.39, 0.29) is 19.1 Å². The highest BCUT2D eigenvalue weighted by atomic mass is 32.1. The van der Waals surface area contributed by atoms with Crippen molar-refractivity contribution in [3.05, 3.63) is 21.9 Å². The minimum Gasteiger partial charge on any atom is -0.480 e. The summed E-state index contributed by atoms with van der Waals surface area (Å²) >= 11 is 1.57. The Labute approximate surface area is 115 Å². The lowest BCUT2D eigenvalue weighted by Crippen LogP contribution is -2.46. The van der Waals surface area contributed by atoms with E-state index in [0.29, 0.717) is 0 Å². The Kier molecular flexibility index (Phi) is 5.78. The molecule has 0 aliphatic rings. The van der Waals surface area contributed by atoms with E-state index in [1.54, 1.807) is 11.3 Å². The molecule has 2 atom stereocenters. The Morgan fingerprint density at radius 3 is 2.53 bits per heavy atom. The minimum absolute atomic E-state index is 0.0186. The first-order valence-electron chi connectivity index (χ1n) is 5.91. The van der Waals surface area contributed by atoms with E-state index in [2.05, 4.69) is 10.6 Å². The topological polar surface area (TPSA) is 98.7 Å². The Hall–Kier alpha value is -1.60. The molecule has 0 bridgehead atoms. The Balaban J connectivity index is 2.52. The number of aliphatic hydroxyl groups excluding tert-OH is 1. The molecule has 6 nitrogen and oxygen atoms in total. The fraction of sp³-hybridized carbons (Fsp3) is 0.500. The molecule has 1 rings (SSSR count). The summed E-state index contributed by atoms with van der Waals surface area (Å²) in [5, 5.41) is 22.6. The molecule has 1 aromatic rings. The van der Waals surface area contributed by atoms with Crippen LogP contribution in [0.2, 0.25) is 0 Å². The molecule has 0 fully saturated rings. The zero-order valence-corrected chi connectivity index (χ0v) is 11.7. The number of rotatable bonds is 6. The Bertz CT molecular complexity index is 447. The number of carboxylic acids is 1. The van der Waals surface area contributed by atoms with Crippen molar-refractivity contribution >= 4 is 23.3 Å². The number of carboxylic acid groups (broad SMARTS) is 1. The summed E-state index contributed by atoms with van der Waals surface area (Å²) in [5.74, 6) is -1.16. The maximum Gasteiger partial charge on any atom is 0.326 e. The highest BCUT2D eigenvalue weighted by Crippen LogP contribution is 2.21. The van der Waals surface area contributed by atoms with Crippen LogP contribution in [0.4, 0.5) is 4.79 Å². The van der Waals surface area contributed by atoms with Gasteiger partial charge in [-0.05, 0) is 26.0 Å². The fourth-order valence-electron chi connectivity index (χ4n) is 1.54. The number of aliphatic carboxylic acids is 1. The van der Waals surface area contributed by atoms with Crippen molar-refractivity contribution < 1.29 is 19.8 Å². The number of aryl methyl sites for hydroxylation is 1. The van der Waals surface area contributed by atoms with E-state index >= 15 is 0 Å². The van der Waals surface area contributed by atoms with Crippen LogP contribution in [0.25, 0.3) is 0 Å². The SMILES string of the molecule is Cc1ccc(C(C)NC(=O)NC(CCO)C(=O)O)s1. The molecule has 1 heterocycles. The highest BCUT2D eigenvalue weighted by molar-refractivity contribution is 7.12. The number of carbonyl (C=O) groups is 2. The van der Waals surface area contributed by atoms with E-state index in [9.17, 15) is 9.59 Å². The molecule has 0 aliphatic heterocycles. The molecule has 7 heteroatoms. The molecular weight excluding hydrogens is 268 g/mol. The lowest BCUT2D eigenvalue weighted by molar-refractivity contribution is -0.139. The van der Waals surface area contributed by atoms with Gasteiger partial charge in [-0.2, -0.15) is 0 Å². The third kappa shape index (κ3) is 4.88. The zero-order chi connectivity index (χ0) is 14.4. The molecule has 2 unspecified atom stereocenters. The van der Waals surface area contributed by atoms with Crippen molar-refractivity contribution in [2.24, 2.45) is 0 Å². The van der Waals surface area contributed by atoms with Gasteiger partial charge in [0.2, 0.25) is 0 Å². The highest BCUT2D eigenvalue weighted by Gasteiger charge is 2.20. The average molecular weight is 286 g/mol. The van der Waals surface area contributed by atoms with E-state index in [1.165, 1.54) is 0 Å². The third-order valence-corrected chi connectivity index (χ3v) is 3.74. The minimum atomic E-state index is -1.16. The molecule has 0 saturated heterocycles. The van der Waals surface area contributed by atoms with Gasteiger partial charge in [-0.25, -0.2) is 9.59 Å².